The summed E-state index contributed by atoms with van der Waals surface area (Å²) in [6.07, 6.45) is 0. The van der Waals surface area contributed by atoms with E-state index >= 15 is 0 Å². The predicted octanol–water partition coefficient (Wildman–Crippen LogP) is 2.14. The first-order valence-electron chi connectivity index (χ1n) is 4.19. The van der Waals surface area contributed by atoms with Gasteiger partial charge in [0.15, 0.2) is 11.5 Å². The van der Waals surface area contributed by atoms with Gasteiger partial charge >= 0.3 is 5.97 Å². The summed E-state index contributed by atoms with van der Waals surface area (Å²) in [6, 6.07) is 3.08. The number of aromatic carboxylic acids is 1. The molecule has 0 saturated carbocycles. The molecule has 0 unspecified atom stereocenters. The molecule has 0 atom stereocenters. The Hall–Kier alpha value is -1.84. The number of carboxylic acids is 1. The molecule has 0 aliphatic rings. The third kappa shape index (κ3) is 1.25. The van der Waals surface area contributed by atoms with Crippen molar-refractivity contribution in [3.05, 3.63) is 29.2 Å². The van der Waals surface area contributed by atoms with Crippen LogP contribution in [0, 0.1) is 13.8 Å². The summed E-state index contributed by atoms with van der Waals surface area (Å²) >= 11 is 0. The monoisotopic (exact) mass is 191 g/mol. The summed E-state index contributed by atoms with van der Waals surface area (Å²) in [5.74, 6) is -0.408. The van der Waals surface area contributed by atoms with E-state index in [9.17, 15) is 4.79 Å². The molecule has 4 heteroatoms. The summed E-state index contributed by atoms with van der Waals surface area (Å²) < 4.78 is 5.27. The normalized spacial score (nSPS) is 10.7. The van der Waals surface area contributed by atoms with Crippen LogP contribution in [0.1, 0.15) is 21.8 Å². The molecular weight excluding hydrogens is 182 g/mol. The van der Waals surface area contributed by atoms with Crippen molar-refractivity contribution in [3.63, 3.8) is 0 Å². The smallest absolute Gasteiger partial charge is 0.335 e. The van der Waals surface area contributed by atoms with Gasteiger partial charge in [-0.05, 0) is 24.6 Å². The molecule has 0 aliphatic heterocycles. The van der Waals surface area contributed by atoms with Gasteiger partial charge < -0.3 is 9.52 Å². The van der Waals surface area contributed by atoms with Crippen molar-refractivity contribution in [2.45, 2.75) is 13.8 Å². The molecule has 0 saturated heterocycles. The van der Waals surface area contributed by atoms with Gasteiger partial charge in [-0.3, -0.25) is 0 Å². The second kappa shape index (κ2) is 2.83. The van der Waals surface area contributed by atoms with Gasteiger partial charge in [0.2, 0.25) is 0 Å². The van der Waals surface area contributed by atoms with Gasteiger partial charge in [0.05, 0.1) is 5.56 Å². The van der Waals surface area contributed by atoms with Crippen molar-refractivity contribution in [1.82, 2.24) is 4.98 Å². The number of carboxylic acid groups (broad SMARTS) is 1. The molecule has 4 nitrogen and oxygen atoms in total. The fourth-order valence-corrected chi connectivity index (χ4v) is 1.43. The Morgan fingerprint density at radius 2 is 2.14 bits per heavy atom. The van der Waals surface area contributed by atoms with Crippen LogP contribution in [0.2, 0.25) is 0 Å². The van der Waals surface area contributed by atoms with Crippen LogP contribution in [0.5, 0.6) is 0 Å². The van der Waals surface area contributed by atoms with Crippen molar-refractivity contribution in [3.8, 4) is 0 Å². The minimum absolute atomic E-state index is 0.228. The molecular formula is C10H9NO3. The molecule has 2 rings (SSSR count). The molecule has 0 fully saturated rings. The lowest BCUT2D eigenvalue weighted by Crippen LogP contribution is -1.96. The van der Waals surface area contributed by atoms with E-state index in [1.807, 2.05) is 6.92 Å². The fourth-order valence-electron chi connectivity index (χ4n) is 1.43. The van der Waals surface area contributed by atoms with Crippen molar-refractivity contribution in [1.29, 1.82) is 0 Å². The first-order chi connectivity index (χ1) is 6.58. The summed E-state index contributed by atoms with van der Waals surface area (Å²) in [7, 11) is 0. The minimum atomic E-state index is -0.955. The molecule has 2 aromatic rings. The average Bonchev–Trinajstić information content (AvgIpc) is 2.45. The highest BCUT2D eigenvalue weighted by molar-refractivity contribution is 5.92. The van der Waals surface area contributed by atoms with Crippen LogP contribution in [0.4, 0.5) is 0 Å². The van der Waals surface area contributed by atoms with Crippen LogP contribution in [-0.2, 0) is 0 Å². The SMILES string of the molecule is Cc1nc2c(C)cc(C(=O)O)cc2o1. The van der Waals surface area contributed by atoms with E-state index in [0.29, 0.717) is 11.5 Å². The minimum Gasteiger partial charge on any atom is -0.478 e. The van der Waals surface area contributed by atoms with Crippen LogP contribution < -0.4 is 0 Å². The Morgan fingerprint density at radius 1 is 1.43 bits per heavy atom. The van der Waals surface area contributed by atoms with Crippen LogP contribution in [0.15, 0.2) is 16.5 Å². The largest absolute Gasteiger partial charge is 0.478 e. The Morgan fingerprint density at radius 3 is 2.79 bits per heavy atom. The van der Waals surface area contributed by atoms with Gasteiger partial charge in [-0.2, -0.15) is 0 Å². The summed E-state index contributed by atoms with van der Waals surface area (Å²) in [6.45, 7) is 3.55. The Kier molecular flexibility index (Phi) is 1.77. The quantitative estimate of drug-likeness (QED) is 0.750. The van der Waals surface area contributed by atoms with E-state index in [-0.39, 0.29) is 5.56 Å². The maximum atomic E-state index is 10.7. The number of hydrogen-bond donors (Lipinski definition) is 1. The summed E-state index contributed by atoms with van der Waals surface area (Å²) in [5.41, 5.74) is 2.30. The van der Waals surface area contributed by atoms with Crippen molar-refractivity contribution >= 4 is 17.1 Å². The summed E-state index contributed by atoms with van der Waals surface area (Å²) in [5, 5.41) is 8.81. The zero-order valence-corrected chi connectivity index (χ0v) is 7.87. The topological polar surface area (TPSA) is 63.3 Å². The van der Waals surface area contributed by atoms with Crippen molar-refractivity contribution in [2.75, 3.05) is 0 Å². The highest BCUT2D eigenvalue weighted by atomic mass is 16.4. The van der Waals surface area contributed by atoms with Crippen molar-refractivity contribution in [2.24, 2.45) is 0 Å². The number of oxazole rings is 1. The van der Waals surface area contributed by atoms with Gasteiger partial charge in [-0.15, -0.1) is 0 Å². The fraction of sp³-hybridized carbons (Fsp3) is 0.200. The molecule has 72 valence electrons. The lowest BCUT2D eigenvalue weighted by atomic mass is 10.1. The molecule has 0 amide bonds. The van der Waals surface area contributed by atoms with Gasteiger partial charge in [-0.25, -0.2) is 9.78 Å². The third-order valence-corrected chi connectivity index (χ3v) is 2.04. The molecule has 1 aromatic carbocycles. The highest BCUT2D eigenvalue weighted by Gasteiger charge is 2.10. The van der Waals surface area contributed by atoms with Gasteiger partial charge in [0.25, 0.3) is 0 Å². The third-order valence-electron chi connectivity index (χ3n) is 2.04. The molecule has 0 bridgehead atoms. The van der Waals surface area contributed by atoms with E-state index < -0.39 is 5.97 Å². The van der Waals surface area contributed by atoms with E-state index in [4.69, 9.17) is 9.52 Å². The van der Waals surface area contributed by atoms with Crippen LogP contribution in [-0.4, -0.2) is 16.1 Å². The lowest BCUT2D eigenvalue weighted by molar-refractivity contribution is 0.0697. The average molecular weight is 191 g/mol. The van der Waals surface area contributed by atoms with Gasteiger partial charge in [-0.1, -0.05) is 0 Å². The van der Waals surface area contributed by atoms with E-state index in [0.717, 1.165) is 11.1 Å². The first-order valence-corrected chi connectivity index (χ1v) is 4.19. The van der Waals surface area contributed by atoms with Crippen LogP contribution in [0.25, 0.3) is 11.1 Å². The highest BCUT2D eigenvalue weighted by Crippen LogP contribution is 2.21. The molecule has 1 heterocycles. The molecule has 1 aromatic heterocycles. The van der Waals surface area contributed by atoms with Crippen LogP contribution >= 0.6 is 0 Å². The zero-order valence-electron chi connectivity index (χ0n) is 7.87. The van der Waals surface area contributed by atoms with Gasteiger partial charge in [0.1, 0.15) is 5.52 Å². The van der Waals surface area contributed by atoms with Crippen molar-refractivity contribution < 1.29 is 14.3 Å². The maximum absolute atomic E-state index is 10.7. The van der Waals surface area contributed by atoms with Gasteiger partial charge in [0, 0.05) is 6.92 Å². The Labute approximate surface area is 80.2 Å². The molecule has 14 heavy (non-hydrogen) atoms. The van der Waals surface area contributed by atoms with E-state index in [2.05, 4.69) is 4.98 Å². The number of carbonyl (C=O) groups is 1. The number of rotatable bonds is 1. The maximum Gasteiger partial charge on any atom is 0.335 e. The Balaban J connectivity index is 2.77. The number of hydrogen-bond acceptors (Lipinski definition) is 3. The predicted molar refractivity (Wildman–Crippen MR) is 50.4 cm³/mol. The molecule has 1 N–H and O–H groups in total. The number of benzene rings is 1. The zero-order chi connectivity index (χ0) is 10.3. The second-order valence-electron chi connectivity index (χ2n) is 3.18. The second-order valence-corrected chi connectivity index (χ2v) is 3.18. The molecule has 0 spiro atoms. The number of aryl methyl sites for hydroxylation is 2. The molecule has 0 radical (unpaired) electrons. The lowest BCUT2D eigenvalue weighted by Gasteiger charge is -1.96. The number of fused-ring (bicyclic) bond motifs is 1. The number of nitrogens with zero attached hydrogens (tertiary/aromatic N) is 1. The Bertz CT molecular complexity index is 513. The van der Waals surface area contributed by atoms with E-state index in [1.165, 1.54) is 6.07 Å². The number of aromatic nitrogens is 1. The van der Waals surface area contributed by atoms with Crippen LogP contribution in [0.3, 0.4) is 0 Å². The standard InChI is InChI=1S/C10H9NO3/c1-5-3-7(10(12)13)4-8-9(5)11-6(2)14-8/h3-4H,1-2H3,(H,12,13). The first kappa shape index (κ1) is 8.74. The summed E-state index contributed by atoms with van der Waals surface area (Å²) in [4.78, 5) is 14.9. The molecule has 0 aliphatic carbocycles. The van der Waals surface area contributed by atoms with E-state index in [1.54, 1.807) is 13.0 Å².